The van der Waals surface area contributed by atoms with Crippen molar-refractivity contribution in [1.82, 2.24) is 14.4 Å². The summed E-state index contributed by atoms with van der Waals surface area (Å²) in [4.78, 5) is 18.1. The van der Waals surface area contributed by atoms with Gasteiger partial charge in [0.2, 0.25) is 5.78 Å². The topological polar surface area (TPSA) is 59.3 Å². The minimum atomic E-state index is -4.93. The Balaban J connectivity index is 2.25. The van der Waals surface area contributed by atoms with Crippen molar-refractivity contribution in [2.45, 2.75) is 6.18 Å². The lowest BCUT2D eigenvalue weighted by Crippen LogP contribution is -2.30. The molecule has 5 nitrogen and oxygen atoms in total. The average molecular weight is 230 g/mol. The fourth-order valence-electron chi connectivity index (χ4n) is 1.08. The summed E-state index contributed by atoms with van der Waals surface area (Å²) >= 11 is 0. The summed E-state index contributed by atoms with van der Waals surface area (Å²) in [6.45, 7) is 0. The fourth-order valence-corrected chi connectivity index (χ4v) is 1.08. The molecule has 0 radical (unpaired) electrons. The number of carbonyl (C=O) groups excluding carboxylic acids is 1. The second-order valence-electron chi connectivity index (χ2n) is 2.90. The van der Waals surface area contributed by atoms with Crippen LogP contribution < -0.4 is 5.32 Å². The Hall–Kier alpha value is -2.12. The number of anilines is 1. The summed E-state index contributed by atoms with van der Waals surface area (Å²) in [6, 6.07) is 1.59. The molecule has 2 aromatic rings. The lowest BCUT2D eigenvalue weighted by atomic mass is 10.5. The lowest BCUT2D eigenvalue weighted by molar-refractivity contribution is -0.167. The third-order valence-electron chi connectivity index (χ3n) is 1.73. The fraction of sp³-hybridized carbons (Fsp3) is 0.125. The molecule has 0 fully saturated rings. The SMILES string of the molecule is O=C(Nc1cn2cccnc2n1)C(F)(F)F. The molecule has 0 saturated heterocycles. The summed E-state index contributed by atoms with van der Waals surface area (Å²) in [5, 5.41) is 1.64. The van der Waals surface area contributed by atoms with Crippen LogP contribution >= 0.6 is 0 Å². The highest BCUT2D eigenvalue weighted by Crippen LogP contribution is 2.17. The Morgan fingerprint density at radius 3 is 2.81 bits per heavy atom. The van der Waals surface area contributed by atoms with Crippen LogP contribution in [0, 0.1) is 0 Å². The van der Waals surface area contributed by atoms with Crippen LogP contribution in [-0.2, 0) is 4.79 Å². The molecule has 1 amide bonds. The number of amides is 1. The molecule has 8 heteroatoms. The van der Waals surface area contributed by atoms with Gasteiger partial charge in [0.05, 0.1) is 6.20 Å². The number of fused-ring (bicyclic) bond motifs is 1. The van der Waals surface area contributed by atoms with E-state index in [1.807, 2.05) is 0 Å². The largest absolute Gasteiger partial charge is 0.471 e. The van der Waals surface area contributed by atoms with Gasteiger partial charge in [0.1, 0.15) is 0 Å². The van der Waals surface area contributed by atoms with E-state index in [9.17, 15) is 18.0 Å². The molecule has 0 bridgehead atoms. The molecule has 0 saturated carbocycles. The maximum Gasteiger partial charge on any atom is 0.471 e. The van der Waals surface area contributed by atoms with E-state index in [-0.39, 0.29) is 11.6 Å². The average Bonchev–Trinajstić information content (AvgIpc) is 2.58. The van der Waals surface area contributed by atoms with Gasteiger partial charge in [0.25, 0.3) is 0 Å². The number of carbonyl (C=O) groups is 1. The molecule has 2 rings (SSSR count). The third kappa shape index (κ3) is 1.95. The van der Waals surface area contributed by atoms with Gasteiger partial charge in [-0.05, 0) is 6.07 Å². The van der Waals surface area contributed by atoms with Gasteiger partial charge in [-0.3, -0.25) is 9.20 Å². The maximum absolute atomic E-state index is 11.9. The Kier molecular flexibility index (Phi) is 2.26. The third-order valence-corrected chi connectivity index (χ3v) is 1.73. The number of hydrogen-bond donors (Lipinski definition) is 1. The molecular formula is C8H5F3N4O. The number of imidazole rings is 1. The van der Waals surface area contributed by atoms with Crippen molar-refractivity contribution in [3.05, 3.63) is 24.7 Å². The van der Waals surface area contributed by atoms with Crippen molar-refractivity contribution < 1.29 is 18.0 Å². The van der Waals surface area contributed by atoms with Gasteiger partial charge in [0, 0.05) is 12.4 Å². The van der Waals surface area contributed by atoms with E-state index in [1.165, 1.54) is 16.8 Å². The number of nitrogens with one attached hydrogen (secondary N) is 1. The highest BCUT2D eigenvalue weighted by atomic mass is 19.4. The van der Waals surface area contributed by atoms with Gasteiger partial charge in [-0.25, -0.2) is 4.98 Å². The quantitative estimate of drug-likeness (QED) is 0.801. The van der Waals surface area contributed by atoms with Crippen LogP contribution in [0.1, 0.15) is 0 Å². The summed E-state index contributed by atoms with van der Waals surface area (Å²) in [5.41, 5.74) is 0. The summed E-state index contributed by atoms with van der Waals surface area (Å²) < 4.78 is 37.2. The van der Waals surface area contributed by atoms with Gasteiger partial charge >= 0.3 is 12.1 Å². The summed E-state index contributed by atoms with van der Waals surface area (Å²) in [7, 11) is 0. The van der Waals surface area contributed by atoms with Gasteiger partial charge in [-0.2, -0.15) is 18.2 Å². The molecule has 0 atom stereocenters. The molecular weight excluding hydrogens is 225 g/mol. The van der Waals surface area contributed by atoms with Crippen LogP contribution in [0.3, 0.4) is 0 Å². The molecule has 0 unspecified atom stereocenters. The zero-order valence-electron chi connectivity index (χ0n) is 7.69. The Bertz CT molecular complexity index is 500. The highest BCUT2D eigenvalue weighted by Gasteiger charge is 2.39. The first-order valence-corrected chi connectivity index (χ1v) is 4.15. The molecule has 2 aromatic heterocycles. The maximum atomic E-state index is 11.9. The van der Waals surface area contributed by atoms with E-state index in [1.54, 1.807) is 17.6 Å². The van der Waals surface area contributed by atoms with Gasteiger partial charge < -0.3 is 5.32 Å². The van der Waals surface area contributed by atoms with Crippen molar-refractivity contribution >= 4 is 17.5 Å². The van der Waals surface area contributed by atoms with Crippen molar-refractivity contribution in [3.8, 4) is 0 Å². The molecule has 2 heterocycles. The molecule has 1 N–H and O–H groups in total. The first kappa shape index (κ1) is 10.4. The van der Waals surface area contributed by atoms with E-state index in [4.69, 9.17) is 0 Å². The summed E-state index contributed by atoms with van der Waals surface area (Å²) in [6.07, 6.45) is -0.689. The number of hydrogen-bond acceptors (Lipinski definition) is 3. The monoisotopic (exact) mass is 230 g/mol. The number of nitrogens with zero attached hydrogens (tertiary/aromatic N) is 3. The standard InChI is InChI=1S/C8H5F3N4O/c9-8(10,11)6(16)13-5-4-15-3-1-2-12-7(15)14-5/h1-4H,(H,13,16). The number of rotatable bonds is 1. The number of aromatic nitrogens is 3. The van der Waals surface area contributed by atoms with E-state index in [0.717, 1.165) is 0 Å². The van der Waals surface area contributed by atoms with Gasteiger partial charge in [-0.1, -0.05) is 0 Å². The van der Waals surface area contributed by atoms with E-state index >= 15 is 0 Å². The number of alkyl halides is 3. The Morgan fingerprint density at radius 2 is 2.19 bits per heavy atom. The molecule has 84 valence electrons. The van der Waals surface area contributed by atoms with Crippen LogP contribution in [0.2, 0.25) is 0 Å². The summed E-state index contributed by atoms with van der Waals surface area (Å²) in [5.74, 6) is -2.04. The first-order chi connectivity index (χ1) is 7.47. The second kappa shape index (κ2) is 3.47. The lowest BCUT2D eigenvalue weighted by Gasteiger charge is -2.03. The van der Waals surface area contributed by atoms with Gasteiger partial charge in [0.15, 0.2) is 5.82 Å². The van der Waals surface area contributed by atoms with E-state index < -0.39 is 12.1 Å². The van der Waals surface area contributed by atoms with Crippen molar-refractivity contribution in [2.24, 2.45) is 0 Å². The predicted molar refractivity (Wildman–Crippen MR) is 47.7 cm³/mol. The smallest absolute Gasteiger partial charge is 0.301 e. The minimum Gasteiger partial charge on any atom is -0.301 e. The Labute approximate surface area is 86.9 Å². The minimum absolute atomic E-state index is 0.193. The molecule has 0 spiro atoms. The van der Waals surface area contributed by atoms with Crippen molar-refractivity contribution in [2.75, 3.05) is 5.32 Å². The molecule has 16 heavy (non-hydrogen) atoms. The first-order valence-electron chi connectivity index (χ1n) is 4.15. The molecule has 0 aliphatic carbocycles. The zero-order valence-corrected chi connectivity index (χ0v) is 7.69. The molecule has 0 aliphatic rings. The van der Waals surface area contributed by atoms with Crippen LogP contribution in [0.15, 0.2) is 24.7 Å². The van der Waals surface area contributed by atoms with E-state index in [2.05, 4.69) is 9.97 Å². The van der Waals surface area contributed by atoms with Crippen LogP contribution in [0.4, 0.5) is 19.0 Å². The van der Waals surface area contributed by atoms with Crippen molar-refractivity contribution in [1.29, 1.82) is 0 Å². The van der Waals surface area contributed by atoms with E-state index in [0.29, 0.717) is 0 Å². The van der Waals surface area contributed by atoms with Crippen LogP contribution in [-0.4, -0.2) is 26.5 Å². The van der Waals surface area contributed by atoms with Crippen LogP contribution in [0.25, 0.3) is 5.78 Å². The molecule has 0 aliphatic heterocycles. The zero-order chi connectivity index (χ0) is 11.8. The Morgan fingerprint density at radius 1 is 1.44 bits per heavy atom. The van der Waals surface area contributed by atoms with Crippen LogP contribution in [0.5, 0.6) is 0 Å². The normalized spacial score (nSPS) is 11.7. The van der Waals surface area contributed by atoms with Crippen molar-refractivity contribution in [3.63, 3.8) is 0 Å². The molecule has 0 aromatic carbocycles. The second-order valence-corrected chi connectivity index (χ2v) is 2.90. The predicted octanol–water partition coefficient (Wildman–Crippen LogP) is 1.23. The number of halogens is 3. The van der Waals surface area contributed by atoms with Gasteiger partial charge in [-0.15, -0.1) is 0 Å². The highest BCUT2D eigenvalue weighted by molar-refractivity contribution is 5.94.